The highest BCUT2D eigenvalue weighted by Crippen LogP contribution is 2.32. The molecule has 3 atom stereocenters. The van der Waals surface area contributed by atoms with Crippen LogP contribution in [0.25, 0.3) is 0 Å². The molecule has 1 N–H and O–H groups in total. The summed E-state index contributed by atoms with van der Waals surface area (Å²) in [4.78, 5) is 37.3. The Hall–Kier alpha value is -3.70. The van der Waals surface area contributed by atoms with E-state index in [1.165, 1.54) is 12.1 Å². The lowest BCUT2D eigenvalue weighted by atomic mass is 9.84. The monoisotopic (exact) mass is 617 g/mol. The van der Waals surface area contributed by atoms with Crippen LogP contribution in [0.2, 0.25) is 0 Å². The maximum absolute atomic E-state index is 14.8. The summed E-state index contributed by atoms with van der Waals surface area (Å²) in [6.07, 6.45) is 4.98. The molecule has 4 rings (SSSR count). The number of benzene rings is 1. The van der Waals surface area contributed by atoms with Gasteiger partial charge in [-0.2, -0.15) is 0 Å². The molecule has 242 valence electrons. The van der Waals surface area contributed by atoms with Gasteiger partial charge in [-0.05, 0) is 77.3 Å². The lowest BCUT2D eigenvalue weighted by Gasteiger charge is -2.34. The van der Waals surface area contributed by atoms with Crippen LogP contribution in [-0.4, -0.2) is 77.6 Å². The average Bonchev–Trinajstić information content (AvgIpc) is 3.35. The molecule has 0 spiro atoms. The number of ether oxygens (including phenoxy) is 3. The topological polar surface area (TPSA) is 106 Å². The number of carbonyl (C=O) groups is 2. The predicted octanol–water partition coefficient (Wildman–Crippen LogP) is 5.91. The van der Waals surface area contributed by atoms with Crippen molar-refractivity contribution in [3.05, 3.63) is 47.8 Å². The number of anilines is 1. The summed E-state index contributed by atoms with van der Waals surface area (Å²) in [7, 11) is 0. The van der Waals surface area contributed by atoms with Crippen molar-refractivity contribution < 1.29 is 32.6 Å². The van der Waals surface area contributed by atoms with Gasteiger partial charge in [-0.3, -0.25) is 0 Å². The van der Waals surface area contributed by atoms with E-state index < -0.39 is 35.3 Å². The van der Waals surface area contributed by atoms with E-state index in [0.717, 1.165) is 25.3 Å². The Bertz CT molecular complexity index is 1260. The molecule has 0 aliphatic carbocycles. The zero-order valence-corrected chi connectivity index (χ0v) is 26.5. The molecule has 2 aliphatic heterocycles. The fourth-order valence-corrected chi connectivity index (χ4v) is 5.76. The zero-order chi connectivity index (χ0) is 32.0. The van der Waals surface area contributed by atoms with Crippen LogP contribution in [0.4, 0.5) is 24.3 Å². The van der Waals surface area contributed by atoms with Crippen molar-refractivity contribution in [1.82, 2.24) is 20.2 Å². The van der Waals surface area contributed by atoms with Crippen molar-refractivity contribution in [3.8, 4) is 5.75 Å². The molecule has 1 aromatic carbocycles. The van der Waals surface area contributed by atoms with E-state index in [2.05, 4.69) is 22.2 Å². The lowest BCUT2D eigenvalue weighted by Crippen LogP contribution is -2.43. The van der Waals surface area contributed by atoms with E-state index in [0.29, 0.717) is 61.9 Å². The van der Waals surface area contributed by atoms with Crippen LogP contribution < -0.4 is 15.0 Å². The van der Waals surface area contributed by atoms with Crippen molar-refractivity contribution in [1.29, 1.82) is 0 Å². The van der Waals surface area contributed by atoms with Gasteiger partial charge in [0.1, 0.15) is 17.2 Å². The van der Waals surface area contributed by atoms with Crippen molar-refractivity contribution >= 4 is 18.1 Å². The fourth-order valence-electron chi connectivity index (χ4n) is 5.76. The number of nitrogens with one attached hydrogen (secondary N) is 1. The van der Waals surface area contributed by atoms with Crippen LogP contribution in [-0.2, 0) is 9.47 Å². The molecule has 2 fully saturated rings. The molecular formula is C32H45F2N5O5. The Balaban J connectivity index is 1.31. The molecule has 0 radical (unpaired) electrons. The van der Waals surface area contributed by atoms with E-state index in [1.807, 2.05) is 18.7 Å². The van der Waals surface area contributed by atoms with Gasteiger partial charge in [-0.25, -0.2) is 28.3 Å². The molecular weight excluding hydrogens is 572 g/mol. The number of alkyl carbamates (subject to hydrolysis) is 1. The standard InChI is InChI=1S/C32H45F2N5O5/c1-20(2)43-31(41)38-12-9-22(10-13-38)21(3)11-14-42-24-16-35-29(36-17-24)39-18-26(25-8-7-23(33)15-27(25)34)28(19-39)37-30(40)44-32(4,5)6/h7-8,15-17,20-22,26,28H,9-14,18-19H2,1-6H3,(H,37,40)/t21-,26+,28-/m1/s1. The van der Waals surface area contributed by atoms with Crippen LogP contribution in [0.3, 0.4) is 0 Å². The SMILES string of the molecule is CC(C)OC(=O)N1CCC([C@H](C)CCOc2cnc(N3C[C@@H](NC(=O)OC(C)(C)C)[C@H](c4ccc(F)cc4F)C3)nc2)CC1. The molecule has 2 aromatic rings. The van der Waals surface area contributed by atoms with E-state index >= 15 is 0 Å². The molecule has 3 heterocycles. The molecule has 0 bridgehead atoms. The number of hydrogen-bond acceptors (Lipinski definition) is 8. The largest absolute Gasteiger partial charge is 0.490 e. The third-order valence-electron chi connectivity index (χ3n) is 8.06. The molecule has 2 aliphatic rings. The van der Waals surface area contributed by atoms with Gasteiger partial charge in [0.25, 0.3) is 0 Å². The first-order valence-electron chi connectivity index (χ1n) is 15.4. The number of aromatic nitrogens is 2. The van der Waals surface area contributed by atoms with E-state index in [1.54, 1.807) is 38.1 Å². The van der Waals surface area contributed by atoms with Gasteiger partial charge < -0.3 is 29.3 Å². The van der Waals surface area contributed by atoms with Gasteiger partial charge >= 0.3 is 12.2 Å². The number of piperidine rings is 1. The Morgan fingerprint density at radius 2 is 1.75 bits per heavy atom. The maximum atomic E-state index is 14.8. The van der Waals surface area contributed by atoms with Crippen molar-refractivity contribution in [2.75, 3.05) is 37.7 Å². The third kappa shape index (κ3) is 9.15. The number of carbonyl (C=O) groups excluding carboxylic acids is 2. The van der Waals surface area contributed by atoms with E-state index in [9.17, 15) is 18.4 Å². The van der Waals surface area contributed by atoms with Crippen molar-refractivity contribution in [2.45, 2.75) is 84.5 Å². The number of halogens is 2. The van der Waals surface area contributed by atoms with E-state index in [4.69, 9.17) is 14.2 Å². The van der Waals surface area contributed by atoms with Crippen LogP contribution in [0.5, 0.6) is 5.75 Å². The first kappa shape index (κ1) is 33.2. The Morgan fingerprint density at radius 1 is 1.07 bits per heavy atom. The summed E-state index contributed by atoms with van der Waals surface area (Å²) < 4.78 is 45.1. The quantitative estimate of drug-likeness (QED) is 0.370. The summed E-state index contributed by atoms with van der Waals surface area (Å²) in [5.74, 6) is 0.0752. The number of rotatable bonds is 9. The highest BCUT2D eigenvalue weighted by molar-refractivity contribution is 5.69. The second-order valence-corrected chi connectivity index (χ2v) is 13.0. The van der Waals surface area contributed by atoms with Gasteiger partial charge in [0.2, 0.25) is 5.95 Å². The summed E-state index contributed by atoms with van der Waals surface area (Å²) in [6, 6.07) is 2.95. The highest BCUT2D eigenvalue weighted by atomic mass is 19.1. The van der Waals surface area contributed by atoms with Gasteiger partial charge in [0.05, 0.1) is 31.1 Å². The first-order chi connectivity index (χ1) is 20.8. The third-order valence-corrected chi connectivity index (χ3v) is 8.06. The molecule has 10 nitrogen and oxygen atoms in total. The first-order valence-corrected chi connectivity index (χ1v) is 15.4. The molecule has 2 amide bonds. The predicted molar refractivity (Wildman–Crippen MR) is 162 cm³/mol. The van der Waals surface area contributed by atoms with Crippen LogP contribution in [0.1, 0.15) is 72.3 Å². The van der Waals surface area contributed by atoms with Gasteiger partial charge in [-0.1, -0.05) is 13.0 Å². The zero-order valence-electron chi connectivity index (χ0n) is 26.5. The molecule has 0 unspecified atom stereocenters. The minimum Gasteiger partial charge on any atom is -0.490 e. The number of amides is 2. The molecule has 2 saturated heterocycles. The van der Waals surface area contributed by atoms with E-state index in [-0.39, 0.29) is 12.2 Å². The normalized spacial score (nSPS) is 20.0. The van der Waals surface area contributed by atoms with Crippen LogP contribution >= 0.6 is 0 Å². The summed E-state index contributed by atoms with van der Waals surface area (Å²) >= 11 is 0. The smallest absolute Gasteiger partial charge is 0.410 e. The van der Waals surface area contributed by atoms with Crippen LogP contribution in [0.15, 0.2) is 30.6 Å². The Morgan fingerprint density at radius 3 is 2.36 bits per heavy atom. The second kappa shape index (κ2) is 14.4. The van der Waals surface area contributed by atoms with Crippen LogP contribution in [0, 0.1) is 23.5 Å². The molecule has 44 heavy (non-hydrogen) atoms. The minimum absolute atomic E-state index is 0.120. The van der Waals surface area contributed by atoms with Gasteiger partial charge in [0.15, 0.2) is 5.75 Å². The molecule has 12 heteroatoms. The number of likely N-dealkylation sites (tertiary alicyclic amines) is 1. The maximum Gasteiger partial charge on any atom is 0.410 e. The Kier molecular flexibility index (Phi) is 10.9. The van der Waals surface area contributed by atoms with Gasteiger partial charge in [-0.15, -0.1) is 0 Å². The summed E-state index contributed by atoms with van der Waals surface area (Å²) in [5, 5.41) is 2.85. The van der Waals surface area contributed by atoms with Gasteiger partial charge in [0, 0.05) is 38.2 Å². The Labute approximate surface area is 258 Å². The highest BCUT2D eigenvalue weighted by Gasteiger charge is 2.38. The number of nitrogens with zero attached hydrogens (tertiary/aromatic N) is 4. The molecule has 1 aromatic heterocycles. The second-order valence-electron chi connectivity index (χ2n) is 13.0. The lowest BCUT2D eigenvalue weighted by molar-refractivity contribution is 0.0503. The summed E-state index contributed by atoms with van der Waals surface area (Å²) in [6.45, 7) is 13.8. The number of hydrogen-bond donors (Lipinski definition) is 1. The fraction of sp³-hybridized carbons (Fsp3) is 0.625. The van der Waals surface area contributed by atoms with Crippen molar-refractivity contribution in [2.24, 2.45) is 11.8 Å². The van der Waals surface area contributed by atoms with Crippen molar-refractivity contribution in [3.63, 3.8) is 0 Å². The summed E-state index contributed by atoms with van der Waals surface area (Å²) in [5.41, 5.74) is -0.402. The molecule has 0 saturated carbocycles. The average molecular weight is 618 g/mol. The minimum atomic E-state index is -0.698.